The normalized spacial score (nSPS) is 55.2. The van der Waals surface area contributed by atoms with Crippen LogP contribution < -0.4 is 0 Å². The van der Waals surface area contributed by atoms with Crippen LogP contribution in [0.1, 0.15) is 113 Å². The molecule has 0 aromatic rings. The minimum Gasteiger partial charge on any atom is -0.458 e. The average molecular weight is 721 g/mol. The lowest BCUT2D eigenvalue weighted by Gasteiger charge is -2.64. The summed E-state index contributed by atoms with van der Waals surface area (Å²) < 4.78 is 38.7. The molecule has 5 aliphatic carbocycles. The van der Waals surface area contributed by atoms with Crippen molar-refractivity contribution in [2.75, 3.05) is 13.2 Å². The summed E-state index contributed by atoms with van der Waals surface area (Å²) in [6.45, 7) is 15.4. The first-order valence-corrected chi connectivity index (χ1v) is 19.4. The summed E-state index contributed by atoms with van der Waals surface area (Å²) in [5.74, 6) is -1.89. The number of rotatable bonds is 5. The van der Waals surface area contributed by atoms with E-state index >= 15 is 0 Å². The molecule has 12 heteroatoms. The van der Waals surface area contributed by atoms with Crippen molar-refractivity contribution in [1.82, 2.24) is 0 Å². The molecule has 51 heavy (non-hydrogen) atoms. The van der Waals surface area contributed by atoms with Crippen LogP contribution in [0.25, 0.3) is 0 Å². The van der Waals surface area contributed by atoms with Gasteiger partial charge < -0.3 is 48.8 Å². The van der Waals surface area contributed by atoms with Gasteiger partial charge >= 0.3 is 11.9 Å². The first-order chi connectivity index (χ1) is 23.6. The molecule has 8 fully saturated rings. The highest BCUT2D eigenvalue weighted by molar-refractivity contribution is 5.68. The maximum atomic E-state index is 13.0. The van der Waals surface area contributed by atoms with Gasteiger partial charge in [-0.05, 0) is 100 Å². The predicted molar refractivity (Wildman–Crippen MR) is 179 cm³/mol. The van der Waals surface area contributed by atoms with Crippen molar-refractivity contribution in [2.45, 2.75) is 173 Å². The van der Waals surface area contributed by atoms with Crippen molar-refractivity contribution in [2.24, 2.45) is 44.8 Å². The van der Waals surface area contributed by atoms with Crippen molar-refractivity contribution in [3.05, 3.63) is 0 Å². The summed E-state index contributed by atoms with van der Waals surface area (Å²) >= 11 is 0. The van der Waals surface area contributed by atoms with Gasteiger partial charge in [-0.2, -0.15) is 0 Å². The van der Waals surface area contributed by atoms with Gasteiger partial charge in [-0.15, -0.1) is 0 Å². The van der Waals surface area contributed by atoms with Gasteiger partial charge in [0.2, 0.25) is 0 Å². The van der Waals surface area contributed by atoms with E-state index < -0.39 is 76.6 Å². The quantitative estimate of drug-likeness (QED) is 0.242. The Kier molecular flexibility index (Phi) is 7.97. The Morgan fingerprint density at radius 3 is 2.12 bits per heavy atom. The van der Waals surface area contributed by atoms with Crippen molar-refractivity contribution >= 4 is 11.9 Å². The maximum Gasteiger partial charge on any atom is 0.303 e. The number of hydrogen-bond acceptors (Lipinski definition) is 12. The molecule has 4 N–H and O–H groups in total. The van der Waals surface area contributed by atoms with E-state index in [0.29, 0.717) is 25.4 Å². The lowest BCUT2D eigenvalue weighted by molar-refractivity contribution is -0.317. The minimum absolute atomic E-state index is 0.0195. The van der Waals surface area contributed by atoms with Crippen LogP contribution in [-0.4, -0.2) is 105 Å². The molecule has 0 aromatic carbocycles. The zero-order valence-electron chi connectivity index (χ0n) is 31.6. The average Bonchev–Trinajstić information content (AvgIpc) is 3.52. The summed E-state index contributed by atoms with van der Waals surface area (Å²) in [6, 6.07) is 0. The van der Waals surface area contributed by atoms with Crippen LogP contribution in [0.2, 0.25) is 0 Å². The molecule has 8 rings (SSSR count). The highest BCUT2D eigenvalue weighted by Crippen LogP contribution is 2.90. The molecular formula is C39H60O12. The number of aliphatic hydroxyl groups is 4. The van der Waals surface area contributed by atoms with Crippen LogP contribution >= 0.6 is 0 Å². The van der Waals surface area contributed by atoms with E-state index in [1.54, 1.807) is 13.8 Å². The van der Waals surface area contributed by atoms with E-state index in [1.807, 2.05) is 0 Å². The molecule has 0 amide bonds. The second-order valence-corrected chi connectivity index (χ2v) is 19.4. The Labute approximate surface area is 301 Å². The number of ether oxygens (including phenoxy) is 6. The zero-order valence-corrected chi connectivity index (χ0v) is 31.6. The SMILES string of the molecule is CC(=O)O[C@H]1[C@@H](OC(C)=O)[C@@]2(C)C3CCC4C(C)(C)[C@@H](O[C@@H]5OC[C@@H](O)[C@H](O)[C@H]5O)CC[C@@]45C[C@@]35CC[C@@]23CO[C@@]2(C(C)(C)O)CC[C@](C)(O2)[C@@H]13. The fourth-order valence-electron chi connectivity index (χ4n) is 14.5. The molecule has 5 saturated carbocycles. The van der Waals surface area contributed by atoms with E-state index in [2.05, 4.69) is 27.7 Å². The Bertz CT molecular complexity index is 1460. The van der Waals surface area contributed by atoms with Crippen molar-refractivity contribution in [1.29, 1.82) is 0 Å². The Balaban J connectivity index is 1.17. The van der Waals surface area contributed by atoms with Gasteiger partial charge in [-0.1, -0.05) is 20.8 Å². The fraction of sp³-hybridized carbons (Fsp3) is 0.949. The minimum atomic E-state index is -1.34. The number of esters is 2. The number of hydrogen-bond donors (Lipinski definition) is 4. The third kappa shape index (κ3) is 4.54. The molecule has 3 spiro atoms. The van der Waals surface area contributed by atoms with Crippen molar-refractivity contribution in [3.8, 4) is 0 Å². The Morgan fingerprint density at radius 2 is 1.45 bits per heavy atom. The van der Waals surface area contributed by atoms with Gasteiger partial charge in [0.1, 0.15) is 36.1 Å². The lowest BCUT2D eigenvalue weighted by Crippen LogP contribution is -2.63. The Morgan fingerprint density at radius 1 is 0.804 bits per heavy atom. The van der Waals surface area contributed by atoms with E-state index in [9.17, 15) is 30.0 Å². The van der Waals surface area contributed by atoms with Crippen LogP contribution in [0.4, 0.5) is 0 Å². The van der Waals surface area contributed by atoms with Crippen molar-refractivity contribution < 1.29 is 58.4 Å². The fourth-order valence-corrected chi connectivity index (χ4v) is 14.5. The predicted octanol–water partition coefficient (Wildman–Crippen LogP) is 3.38. The van der Waals surface area contributed by atoms with Crippen LogP contribution in [-0.2, 0) is 38.0 Å². The van der Waals surface area contributed by atoms with Crippen LogP contribution in [0.5, 0.6) is 0 Å². The van der Waals surface area contributed by atoms with Crippen LogP contribution in [0.15, 0.2) is 0 Å². The Hall–Kier alpha value is -1.38. The standard InChI is InChI=1S/C39H60O12/c1-20(40)48-28-29-34(7)13-16-39(51-34,33(5,6)45)47-19-38(29)15-14-37-18-36(37)12-11-25(50-31-27(44)26(43)22(42)17-46-31)32(3,4)23(36)9-10-24(37)35(38,8)30(28)49-21(2)41/h22-31,42-45H,9-19H2,1-8H3/t22-,23?,24?,25+,26+,27-,28-,29-,30-,31+,34+,35-,36-,37+,38+,39+/m1/s1. The maximum absolute atomic E-state index is 13.0. The number of carbonyl (C=O) groups excluding carboxylic acids is 2. The lowest BCUT2D eigenvalue weighted by atomic mass is 9.41. The topological polar surface area (TPSA) is 170 Å². The van der Waals surface area contributed by atoms with Gasteiger partial charge in [-0.25, -0.2) is 0 Å². The molecular weight excluding hydrogens is 660 g/mol. The molecule has 0 aromatic heterocycles. The van der Waals surface area contributed by atoms with Gasteiger partial charge in [-0.3, -0.25) is 9.59 Å². The monoisotopic (exact) mass is 720 g/mol. The number of fused-ring (bicyclic) bond motifs is 4. The number of carbonyl (C=O) groups is 2. The van der Waals surface area contributed by atoms with Crippen LogP contribution in [0.3, 0.4) is 0 Å². The van der Waals surface area contributed by atoms with Crippen LogP contribution in [0, 0.1) is 44.8 Å². The van der Waals surface area contributed by atoms with Gasteiger partial charge in [0, 0.05) is 37.0 Å². The van der Waals surface area contributed by atoms with Gasteiger partial charge in [0.05, 0.1) is 24.9 Å². The number of aliphatic hydroxyl groups excluding tert-OH is 3. The molecule has 16 atom stereocenters. The summed E-state index contributed by atoms with van der Waals surface area (Å²) in [6.07, 6.45) is 0.954. The molecule has 3 saturated heterocycles. The molecule has 2 unspecified atom stereocenters. The second-order valence-electron chi connectivity index (χ2n) is 19.4. The van der Waals surface area contributed by atoms with E-state index in [-0.39, 0.29) is 40.8 Å². The highest BCUT2D eigenvalue weighted by atomic mass is 16.7. The van der Waals surface area contributed by atoms with Gasteiger partial charge in [0.15, 0.2) is 12.1 Å². The van der Waals surface area contributed by atoms with E-state index in [1.165, 1.54) is 13.8 Å². The summed E-state index contributed by atoms with van der Waals surface area (Å²) in [7, 11) is 0. The molecule has 0 radical (unpaired) electrons. The smallest absolute Gasteiger partial charge is 0.303 e. The highest BCUT2D eigenvalue weighted by Gasteiger charge is 2.88. The zero-order chi connectivity index (χ0) is 36.9. The molecule has 8 aliphatic rings. The van der Waals surface area contributed by atoms with Gasteiger partial charge in [0.25, 0.3) is 0 Å². The third-order valence-corrected chi connectivity index (χ3v) is 16.6. The molecule has 12 nitrogen and oxygen atoms in total. The molecule has 288 valence electrons. The van der Waals surface area contributed by atoms with Crippen molar-refractivity contribution in [3.63, 3.8) is 0 Å². The third-order valence-electron chi connectivity index (χ3n) is 16.6. The van der Waals surface area contributed by atoms with E-state index in [4.69, 9.17) is 28.4 Å². The first-order valence-electron chi connectivity index (χ1n) is 19.4. The van der Waals surface area contributed by atoms with E-state index in [0.717, 1.165) is 44.9 Å². The molecule has 3 heterocycles. The summed E-state index contributed by atoms with van der Waals surface area (Å²) in [5, 5.41) is 42.5. The molecule has 2 bridgehead atoms. The summed E-state index contributed by atoms with van der Waals surface area (Å²) in [4.78, 5) is 26.0. The second kappa shape index (κ2) is 11.1. The largest absolute Gasteiger partial charge is 0.458 e. The first kappa shape index (κ1) is 36.6. The molecule has 3 aliphatic heterocycles. The summed E-state index contributed by atoms with van der Waals surface area (Å²) in [5.41, 5.74) is -3.51.